The van der Waals surface area contributed by atoms with Crippen molar-refractivity contribution in [2.45, 2.75) is 19.5 Å². The van der Waals surface area contributed by atoms with Gasteiger partial charge in [0, 0.05) is 34.2 Å². The predicted octanol–water partition coefficient (Wildman–Crippen LogP) is 4.52. The fraction of sp³-hybridized carbons (Fsp3) is 0.211. The Hall–Kier alpha value is -2.10. The molecule has 0 fully saturated rings. The molecule has 2 aromatic carbocycles. The van der Waals surface area contributed by atoms with Crippen LogP contribution in [-0.2, 0) is 6.54 Å². The van der Waals surface area contributed by atoms with E-state index in [0.29, 0.717) is 6.54 Å². The summed E-state index contributed by atoms with van der Waals surface area (Å²) in [5.74, 6) is 0.108. The van der Waals surface area contributed by atoms with E-state index in [2.05, 4.69) is 4.98 Å². The maximum Gasteiger partial charge on any atom is 0.181 e. The van der Waals surface area contributed by atoms with Gasteiger partial charge >= 0.3 is 0 Å². The summed E-state index contributed by atoms with van der Waals surface area (Å²) in [7, 11) is 1.95. The highest BCUT2D eigenvalue weighted by atomic mass is 35.5. The molecular weight excluding hydrogens is 308 g/mol. The standard InChI is InChI=1S/C19H19ClN2O/c1-13(22(2)12-14-7-3-5-9-17(14)20)19(23)16-11-21-18-10-6-4-8-15(16)18/h3-11,13,21H,12H2,1-2H3/t13-/m0/s1. The Labute approximate surface area is 140 Å². The van der Waals surface area contributed by atoms with Gasteiger partial charge in [0.15, 0.2) is 5.78 Å². The molecule has 0 bridgehead atoms. The van der Waals surface area contributed by atoms with Crippen LogP contribution in [0.25, 0.3) is 10.9 Å². The molecule has 3 aromatic rings. The highest BCUT2D eigenvalue weighted by Crippen LogP contribution is 2.22. The summed E-state index contributed by atoms with van der Waals surface area (Å²) in [6, 6.07) is 15.4. The van der Waals surface area contributed by atoms with Crippen LogP contribution in [0.5, 0.6) is 0 Å². The van der Waals surface area contributed by atoms with E-state index in [4.69, 9.17) is 11.6 Å². The average Bonchev–Trinajstić information content (AvgIpc) is 2.99. The molecule has 0 aliphatic carbocycles. The van der Waals surface area contributed by atoms with E-state index in [1.54, 1.807) is 6.20 Å². The van der Waals surface area contributed by atoms with Gasteiger partial charge in [-0.15, -0.1) is 0 Å². The van der Waals surface area contributed by atoms with Crippen LogP contribution in [0.3, 0.4) is 0 Å². The van der Waals surface area contributed by atoms with E-state index < -0.39 is 0 Å². The zero-order chi connectivity index (χ0) is 16.4. The number of aromatic nitrogens is 1. The monoisotopic (exact) mass is 326 g/mol. The molecule has 1 atom stereocenters. The van der Waals surface area contributed by atoms with Gasteiger partial charge in [-0.3, -0.25) is 9.69 Å². The minimum atomic E-state index is -0.231. The summed E-state index contributed by atoms with van der Waals surface area (Å²) >= 11 is 6.21. The number of nitrogens with zero attached hydrogens (tertiary/aromatic N) is 1. The van der Waals surface area contributed by atoms with Crippen LogP contribution in [0.15, 0.2) is 54.7 Å². The van der Waals surface area contributed by atoms with Gasteiger partial charge in [-0.05, 0) is 31.7 Å². The first-order valence-electron chi connectivity index (χ1n) is 7.62. The third-order valence-corrected chi connectivity index (χ3v) is 4.64. The van der Waals surface area contributed by atoms with Gasteiger partial charge in [-0.2, -0.15) is 0 Å². The maximum atomic E-state index is 12.8. The fourth-order valence-electron chi connectivity index (χ4n) is 2.73. The molecule has 4 heteroatoms. The first-order chi connectivity index (χ1) is 11.1. The van der Waals surface area contributed by atoms with Crippen LogP contribution in [0, 0.1) is 0 Å². The van der Waals surface area contributed by atoms with Gasteiger partial charge in [0.25, 0.3) is 0 Å². The molecule has 0 radical (unpaired) electrons. The third-order valence-electron chi connectivity index (χ3n) is 4.27. The van der Waals surface area contributed by atoms with Crippen LogP contribution in [0.2, 0.25) is 5.02 Å². The third kappa shape index (κ3) is 3.16. The van der Waals surface area contributed by atoms with Gasteiger partial charge in [0.1, 0.15) is 0 Å². The number of aromatic amines is 1. The molecule has 0 spiro atoms. The Kier molecular flexibility index (Phi) is 4.51. The molecule has 0 saturated carbocycles. The number of carbonyl (C=O) groups excluding carboxylic acids is 1. The Morgan fingerprint density at radius 1 is 1.17 bits per heavy atom. The van der Waals surface area contributed by atoms with Crippen molar-refractivity contribution < 1.29 is 4.79 Å². The first-order valence-corrected chi connectivity index (χ1v) is 7.99. The molecule has 3 nitrogen and oxygen atoms in total. The lowest BCUT2D eigenvalue weighted by molar-refractivity contribution is 0.0864. The second kappa shape index (κ2) is 6.57. The quantitative estimate of drug-likeness (QED) is 0.699. The number of para-hydroxylation sites is 1. The molecule has 1 aromatic heterocycles. The summed E-state index contributed by atoms with van der Waals surface area (Å²) < 4.78 is 0. The van der Waals surface area contributed by atoms with Crippen LogP contribution in [0.1, 0.15) is 22.8 Å². The summed E-state index contributed by atoms with van der Waals surface area (Å²) in [4.78, 5) is 18.0. The number of likely N-dealkylation sites (N-methyl/N-ethyl adjacent to an activating group) is 1. The van der Waals surface area contributed by atoms with E-state index in [-0.39, 0.29) is 11.8 Å². The van der Waals surface area contributed by atoms with Crippen molar-refractivity contribution in [3.63, 3.8) is 0 Å². The molecule has 118 valence electrons. The number of ketones is 1. The van der Waals surface area contributed by atoms with Crippen molar-refractivity contribution in [2.75, 3.05) is 7.05 Å². The Morgan fingerprint density at radius 3 is 2.65 bits per heavy atom. The number of Topliss-reactive ketones (excluding diaryl/α,β-unsaturated/α-hetero) is 1. The Balaban J connectivity index is 1.80. The number of fused-ring (bicyclic) bond motifs is 1. The zero-order valence-electron chi connectivity index (χ0n) is 13.2. The predicted molar refractivity (Wildman–Crippen MR) is 95.0 cm³/mol. The summed E-state index contributed by atoms with van der Waals surface area (Å²) in [5.41, 5.74) is 2.74. The largest absolute Gasteiger partial charge is 0.360 e. The van der Waals surface area contributed by atoms with Crippen molar-refractivity contribution in [3.05, 3.63) is 70.9 Å². The molecule has 3 rings (SSSR count). The van der Waals surface area contributed by atoms with Crippen LogP contribution in [0.4, 0.5) is 0 Å². The van der Waals surface area contributed by atoms with E-state index in [1.165, 1.54) is 0 Å². The van der Waals surface area contributed by atoms with Gasteiger partial charge in [-0.1, -0.05) is 48.0 Å². The van der Waals surface area contributed by atoms with Crippen molar-refractivity contribution in [1.82, 2.24) is 9.88 Å². The van der Waals surface area contributed by atoms with E-state index in [0.717, 1.165) is 27.1 Å². The molecule has 1 N–H and O–H groups in total. The van der Waals surface area contributed by atoms with Crippen molar-refractivity contribution in [2.24, 2.45) is 0 Å². The van der Waals surface area contributed by atoms with Gasteiger partial charge in [-0.25, -0.2) is 0 Å². The fourth-order valence-corrected chi connectivity index (χ4v) is 2.93. The van der Waals surface area contributed by atoms with Gasteiger partial charge < -0.3 is 4.98 Å². The molecule has 0 aliphatic heterocycles. The lowest BCUT2D eigenvalue weighted by atomic mass is 10.0. The summed E-state index contributed by atoms with van der Waals surface area (Å²) in [5, 5.41) is 1.70. The Bertz CT molecular complexity index is 840. The second-order valence-electron chi connectivity index (χ2n) is 5.79. The highest BCUT2D eigenvalue weighted by molar-refractivity contribution is 6.31. The number of nitrogens with one attached hydrogen (secondary N) is 1. The zero-order valence-corrected chi connectivity index (χ0v) is 14.0. The minimum absolute atomic E-state index is 0.108. The van der Waals surface area contributed by atoms with Crippen molar-refractivity contribution in [3.8, 4) is 0 Å². The van der Waals surface area contributed by atoms with Crippen molar-refractivity contribution >= 4 is 28.3 Å². The molecule has 0 saturated heterocycles. The first kappa shape index (κ1) is 15.8. The average molecular weight is 327 g/mol. The molecule has 0 amide bonds. The van der Waals surface area contributed by atoms with Crippen LogP contribution in [-0.4, -0.2) is 28.8 Å². The number of hydrogen-bond donors (Lipinski definition) is 1. The number of H-pyrrole nitrogens is 1. The van der Waals surface area contributed by atoms with E-state index >= 15 is 0 Å². The van der Waals surface area contributed by atoms with E-state index in [9.17, 15) is 4.79 Å². The number of hydrogen-bond acceptors (Lipinski definition) is 2. The smallest absolute Gasteiger partial charge is 0.181 e. The second-order valence-corrected chi connectivity index (χ2v) is 6.20. The van der Waals surface area contributed by atoms with Gasteiger partial charge in [0.05, 0.1) is 6.04 Å². The van der Waals surface area contributed by atoms with Crippen LogP contribution < -0.4 is 0 Å². The Morgan fingerprint density at radius 2 is 1.87 bits per heavy atom. The molecule has 0 aliphatic rings. The number of rotatable bonds is 5. The molecule has 0 unspecified atom stereocenters. The topological polar surface area (TPSA) is 36.1 Å². The number of carbonyl (C=O) groups is 1. The normalized spacial score (nSPS) is 12.7. The SMILES string of the molecule is C[C@@H](C(=O)c1c[nH]c2ccccc12)N(C)Cc1ccccc1Cl. The highest BCUT2D eigenvalue weighted by Gasteiger charge is 2.22. The van der Waals surface area contributed by atoms with Gasteiger partial charge in [0.2, 0.25) is 0 Å². The minimum Gasteiger partial charge on any atom is -0.360 e. The molecular formula is C19H19ClN2O. The maximum absolute atomic E-state index is 12.8. The molecule has 23 heavy (non-hydrogen) atoms. The lowest BCUT2D eigenvalue weighted by Crippen LogP contribution is -2.35. The van der Waals surface area contributed by atoms with Crippen LogP contribution >= 0.6 is 11.6 Å². The summed E-state index contributed by atoms with van der Waals surface area (Å²) in [6.07, 6.45) is 1.80. The number of benzene rings is 2. The lowest BCUT2D eigenvalue weighted by Gasteiger charge is -2.24. The van der Waals surface area contributed by atoms with Crippen molar-refractivity contribution in [1.29, 1.82) is 0 Å². The number of halogens is 1. The summed E-state index contributed by atoms with van der Waals surface area (Å²) in [6.45, 7) is 2.57. The van der Waals surface area contributed by atoms with E-state index in [1.807, 2.05) is 67.4 Å². The molecule has 1 heterocycles.